The van der Waals surface area contributed by atoms with Crippen molar-refractivity contribution in [1.82, 2.24) is 4.98 Å². The number of hydrogen-bond donors (Lipinski definition) is 0. The molecule has 8 heavy (non-hydrogen) atoms. The number of hydrogen-bond acceptors (Lipinski definition) is 1. The Kier molecular flexibility index (Phi) is 0.954. The summed E-state index contributed by atoms with van der Waals surface area (Å²) >= 11 is 0. The number of aromatic nitrogens is 1. The van der Waals surface area contributed by atoms with Crippen LogP contribution in [0.3, 0.4) is 0 Å². The zero-order chi connectivity index (χ0) is 6.85. The zero-order valence-corrected chi connectivity index (χ0v) is 4.48. The summed E-state index contributed by atoms with van der Waals surface area (Å²) in [6.45, 7) is 1.60. The van der Waals surface area contributed by atoms with Crippen LogP contribution in [0, 0.1) is 12.9 Å². The summed E-state index contributed by atoms with van der Waals surface area (Å²) < 4.78 is 19.2. The fraction of sp³-hybridized carbons (Fsp3) is 0.167. The van der Waals surface area contributed by atoms with Crippen LogP contribution in [0.1, 0.15) is 7.06 Å². The summed E-state index contributed by atoms with van der Waals surface area (Å²) in [7, 11) is 0. The fourth-order valence-electron chi connectivity index (χ4n) is 0.461. The first kappa shape index (κ1) is 4.01. The van der Waals surface area contributed by atoms with Crippen molar-refractivity contribution in [2.24, 2.45) is 0 Å². The van der Waals surface area contributed by atoms with Crippen LogP contribution in [0.2, 0.25) is 0 Å². The van der Waals surface area contributed by atoms with Gasteiger partial charge in [0.1, 0.15) is 0 Å². The summed E-state index contributed by atoms with van der Waals surface area (Å²) in [5, 5.41) is 0. The summed E-state index contributed by atoms with van der Waals surface area (Å²) in [6, 6.07) is 2.84. The van der Waals surface area contributed by atoms with Gasteiger partial charge in [-0.15, -0.1) is 0 Å². The summed E-state index contributed by atoms with van der Waals surface area (Å²) in [6.07, 6.45) is 0. The van der Waals surface area contributed by atoms with Crippen molar-refractivity contribution in [1.29, 1.82) is 0 Å². The SMILES string of the molecule is [2H]c1ccc(F)nc1C. The van der Waals surface area contributed by atoms with Crippen LogP contribution in [0.15, 0.2) is 18.2 Å². The highest BCUT2D eigenvalue weighted by Gasteiger charge is 1.86. The number of halogens is 1. The molecule has 1 heterocycles. The maximum Gasteiger partial charge on any atom is 0.213 e. The van der Waals surface area contributed by atoms with Gasteiger partial charge in [0.25, 0.3) is 0 Å². The highest BCUT2D eigenvalue weighted by Crippen LogP contribution is 1.93. The Hall–Kier alpha value is -0.920. The van der Waals surface area contributed by atoms with Crippen molar-refractivity contribution in [3.63, 3.8) is 0 Å². The minimum atomic E-state index is -0.525. The number of aryl methyl sites for hydroxylation is 1. The first-order chi connectivity index (χ1) is 4.20. The maximum absolute atomic E-state index is 12.2. The normalized spacial score (nSPS) is 11.0. The van der Waals surface area contributed by atoms with E-state index in [-0.39, 0.29) is 6.04 Å². The monoisotopic (exact) mass is 112 g/mol. The van der Waals surface area contributed by atoms with Crippen LogP contribution in [0.4, 0.5) is 4.39 Å². The van der Waals surface area contributed by atoms with Crippen molar-refractivity contribution in [2.75, 3.05) is 0 Å². The van der Waals surface area contributed by atoms with Crippen LogP contribution in [0.5, 0.6) is 0 Å². The van der Waals surface area contributed by atoms with E-state index in [1.807, 2.05) is 0 Å². The molecule has 0 aromatic carbocycles. The average molecular weight is 112 g/mol. The minimum absolute atomic E-state index is 0.274. The Balaban J connectivity index is 3.17. The molecule has 0 radical (unpaired) electrons. The highest BCUT2D eigenvalue weighted by molar-refractivity contribution is 5.01. The molecule has 0 atom stereocenters. The standard InChI is InChI=1S/C6H6FN/c1-5-3-2-4-6(7)8-5/h2-4H,1H3/i3D. The highest BCUT2D eigenvalue weighted by atomic mass is 19.1. The lowest BCUT2D eigenvalue weighted by molar-refractivity contribution is 0.580. The van der Waals surface area contributed by atoms with E-state index in [1.165, 1.54) is 12.1 Å². The predicted molar refractivity (Wildman–Crippen MR) is 28.9 cm³/mol. The van der Waals surface area contributed by atoms with Crippen LogP contribution in [0.25, 0.3) is 0 Å². The molecule has 0 saturated heterocycles. The van der Waals surface area contributed by atoms with E-state index in [4.69, 9.17) is 1.37 Å². The molecule has 1 rings (SSSR count). The molecule has 0 bridgehead atoms. The van der Waals surface area contributed by atoms with E-state index in [0.29, 0.717) is 5.69 Å². The van der Waals surface area contributed by atoms with E-state index in [9.17, 15) is 4.39 Å². The van der Waals surface area contributed by atoms with Crippen LogP contribution in [-0.2, 0) is 0 Å². The quantitative estimate of drug-likeness (QED) is 0.464. The Labute approximate surface area is 48.6 Å². The molecular weight excluding hydrogens is 105 g/mol. The number of pyridine rings is 1. The maximum atomic E-state index is 12.2. The average Bonchev–Trinajstić information content (AvgIpc) is 1.80. The van der Waals surface area contributed by atoms with Gasteiger partial charge in [0.2, 0.25) is 5.95 Å². The molecule has 42 valence electrons. The molecule has 0 aliphatic carbocycles. The third-order valence-corrected chi connectivity index (χ3v) is 0.788. The van der Waals surface area contributed by atoms with Crippen molar-refractivity contribution < 1.29 is 5.76 Å². The van der Waals surface area contributed by atoms with Gasteiger partial charge in [-0.25, -0.2) is 4.98 Å². The number of rotatable bonds is 0. The molecule has 1 aromatic heterocycles. The van der Waals surface area contributed by atoms with E-state index in [0.717, 1.165) is 0 Å². The molecule has 0 unspecified atom stereocenters. The van der Waals surface area contributed by atoms with E-state index >= 15 is 0 Å². The minimum Gasteiger partial charge on any atom is -0.225 e. The largest absolute Gasteiger partial charge is 0.225 e. The first-order valence-corrected chi connectivity index (χ1v) is 2.30. The molecule has 0 amide bonds. The first-order valence-electron chi connectivity index (χ1n) is 2.80. The second kappa shape index (κ2) is 1.90. The van der Waals surface area contributed by atoms with Gasteiger partial charge in [0, 0.05) is 5.69 Å². The van der Waals surface area contributed by atoms with Crippen LogP contribution >= 0.6 is 0 Å². The molecule has 0 saturated carbocycles. The molecule has 2 heteroatoms. The van der Waals surface area contributed by atoms with Crippen molar-refractivity contribution in [3.05, 3.63) is 29.8 Å². The lowest BCUT2D eigenvalue weighted by Crippen LogP contribution is -1.82. The molecule has 0 aliphatic heterocycles. The van der Waals surface area contributed by atoms with Crippen LogP contribution < -0.4 is 0 Å². The van der Waals surface area contributed by atoms with Gasteiger partial charge in [-0.05, 0) is 19.0 Å². The third kappa shape index (κ3) is 1.03. The fourth-order valence-corrected chi connectivity index (χ4v) is 0.461. The molecule has 0 N–H and O–H groups in total. The topological polar surface area (TPSA) is 12.9 Å². The summed E-state index contributed by atoms with van der Waals surface area (Å²) in [4.78, 5) is 3.42. The molecule has 0 aliphatic rings. The van der Waals surface area contributed by atoms with Crippen LogP contribution in [-0.4, -0.2) is 4.98 Å². The van der Waals surface area contributed by atoms with Gasteiger partial charge in [-0.1, -0.05) is 6.07 Å². The predicted octanol–water partition coefficient (Wildman–Crippen LogP) is 1.53. The summed E-state index contributed by atoms with van der Waals surface area (Å²) in [5.41, 5.74) is 0.426. The Morgan fingerprint density at radius 2 is 2.62 bits per heavy atom. The smallest absolute Gasteiger partial charge is 0.213 e. The van der Waals surface area contributed by atoms with Gasteiger partial charge >= 0.3 is 0 Å². The van der Waals surface area contributed by atoms with E-state index in [1.54, 1.807) is 6.92 Å². The molecule has 1 nitrogen and oxygen atoms in total. The second-order valence-electron chi connectivity index (χ2n) is 1.50. The zero-order valence-electron chi connectivity index (χ0n) is 5.48. The molecule has 0 spiro atoms. The van der Waals surface area contributed by atoms with E-state index < -0.39 is 5.95 Å². The van der Waals surface area contributed by atoms with Gasteiger partial charge in [0.15, 0.2) is 0 Å². The van der Waals surface area contributed by atoms with Gasteiger partial charge < -0.3 is 0 Å². The number of nitrogens with zero attached hydrogens (tertiary/aromatic N) is 1. The van der Waals surface area contributed by atoms with Crippen molar-refractivity contribution in [3.8, 4) is 0 Å². The Bertz CT molecular complexity index is 224. The lowest BCUT2D eigenvalue weighted by Gasteiger charge is -1.86. The van der Waals surface area contributed by atoms with E-state index in [2.05, 4.69) is 4.98 Å². The summed E-state index contributed by atoms with van der Waals surface area (Å²) in [5.74, 6) is -0.525. The van der Waals surface area contributed by atoms with Gasteiger partial charge in [-0.3, -0.25) is 0 Å². The molecular formula is C6H6FN. The third-order valence-electron chi connectivity index (χ3n) is 0.788. The second-order valence-corrected chi connectivity index (χ2v) is 1.50. The molecule has 1 aromatic rings. The van der Waals surface area contributed by atoms with Crippen molar-refractivity contribution in [2.45, 2.75) is 6.92 Å². The lowest BCUT2D eigenvalue weighted by atomic mass is 10.4. The Morgan fingerprint density at radius 3 is 3.12 bits per heavy atom. The van der Waals surface area contributed by atoms with Crippen molar-refractivity contribution >= 4 is 0 Å². The van der Waals surface area contributed by atoms with Gasteiger partial charge in [0.05, 0.1) is 1.37 Å². The Morgan fingerprint density at radius 1 is 1.88 bits per heavy atom. The van der Waals surface area contributed by atoms with Gasteiger partial charge in [-0.2, -0.15) is 4.39 Å². The molecule has 0 fully saturated rings.